The number of amides is 2. The number of fused-ring (bicyclic) bond motifs is 5. The summed E-state index contributed by atoms with van der Waals surface area (Å²) in [6, 6.07) is 5.71. The van der Waals surface area contributed by atoms with Crippen LogP contribution in [-0.4, -0.2) is 74.2 Å². The molecule has 2 amide bonds. The van der Waals surface area contributed by atoms with Gasteiger partial charge in [0.1, 0.15) is 11.8 Å². The standard InChI is InChI=1S/C42H64N2O8/c1-25(30-12-13-31-38-32(22-35(48)41(30,31)3)40(2)18-15-29(46)20-27(40)21-34(38)47)7-14-36(49)44-33(19-26-8-10-28(45)11-9-26)39(52)43-24-42(23-37(50)51)16-5-4-6-17-42/h8-11,25,27,29-35,38,45-48H,4-7,12-24H2,1-3H3,(H,43,52)(H,44,49)(H,50,51)/t25-,27?,29-,30?,31?,32?,33?,34?,35+,38?,40?,41?/m1/s1. The number of benzene rings is 1. The highest BCUT2D eigenvalue weighted by atomic mass is 16.4. The molecular weight excluding hydrogens is 660 g/mol. The van der Waals surface area contributed by atoms with Gasteiger partial charge < -0.3 is 36.2 Å². The zero-order valence-corrected chi connectivity index (χ0v) is 31.6. The molecule has 0 radical (unpaired) electrons. The molecule has 1 aromatic rings. The number of aliphatic hydroxyl groups is 3. The van der Waals surface area contributed by atoms with Gasteiger partial charge in [-0.25, -0.2) is 0 Å². The number of aliphatic carboxylic acids is 1. The summed E-state index contributed by atoms with van der Waals surface area (Å²) in [4.78, 5) is 39.0. The summed E-state index contributed by atoms with van der Waals surface area (Å²) in [6.07, 6.45) is 9.99. The smallest absolute Gasteiger partial charge is 0.303 e. The van der Waals surface area contributed by atoms with Crippen LogP contribution in [0, 0.1) is 51.8 Å². The Bertz CT molecular complexity index is 1430. The maximum atomic E-state index is 13.7. The van der Waals surface area contributed by atoms with Crippen LogP contribution >= 0.6 is 0 Å². The molecule has 52 heavy (non-hydrogen) atoms. The van der Waals surface area contributed by atoms with Crippen molar-refractivity contribution in [1.82, 2.24) is 10.6 Å². The quantitative estimate of drug-likeness (QED) is 0.151. The number of phenols is 1. The Hall–Kier alpha value is -2.69. The van der Waals surface area contributed by atoms with Crippen molar-refractivity contribution in [2.45, 2.75) is 148 Å². The van der Waals surface area contributed by atoms with Gasteiger partial charge in [-0.05, 0) is 134 Å². The number of rotatable bonds is 12. The molecule has 5 aliphatic carbocycles. The summed E-state index contributed by atoms with van der Waals surface area (Å²) in [6.45, 7) is 6.99. The van der Waals surface area contributed by atoms with Gasteiger partial charge in [0, 0.05) is 19.4 Å². The molecule has 0 saturated heterocycles. The molecule has 6 rings (SSSR count). The van der Waals surface area contributed by atoms with Crippen LogP contribution in [0.25, 0.3) is 0 Å². The summed E-state index contributed by atoms with van der Waals surface area (Å²) in [5.74, 6) is -0.142. The summed E-state index contributed by atoms with van der Waals surface area (Å²) >= 11 is 0. The van der Waals surface area contributed by atoms with E-state index in [1.165, 1.54) is 0 Å². The third-order valence-electron chi connectivity index (χ3n) is 15.5. The van der Waals surface area contributed by atoms with E-state index in [2.05, 4.69) is 31.4 Å². The average Bonchev–Trinajstić information content (AvgIpc) is 3.46. The molecule has 10 heteroatoms. The molecule has 0 bridgehead atoms. The predicted molar refractivity (Wildman–Crippen MR) is 197 cm³/mol. The van der Waals surface area contributed by atoms with Crippen molar-refractivity contribution in [3.8, 4) is 5.75 Å². The molecule has 12 atom stereocenters. The van der Waals surface area contributed by atoms with Crippen LogP contribution in [0.3, 0.4) is 0 Å². The van der Waals surface area contributed by atoms with Gasteiger partial charge in [-0.3, -0.25) is 14.4 Å². The van der Waals surface area contributed by atoms with Crippen LogP contribution in [-0.2, 0) is 20.8 Å². The molecule has 290 valence electrons. The summed E-state index contributed by atoms with van der Waals surface area (Å²) in [7, 11) is 0. The molecule has 0 heterocycles. The predicted octanol–water partition coefficient (Wildman–Crippen LogP) is 5.34. The van der Waals surface area contributed by atoms with Crippen molar-refractivity contribution in [2.75, 3.05) is 6.54 Å². The second-order valence-electron chi connectivity index (χ2n) is 18.4. The van der Waals surface area contributed by atoms with Crippen LogP contribution in [0.5, 0.6) is 5.75 Å². The highest BCUT2D eigenvalue weighted by Crippen LogP contribution is 2.68. The third-order valence-corrected chi connectivity index (χ3v) is 15.5. The number of carboxylic acid groups (broad SMARTS) is 1. The van der Waals surface area contributed by atoms with Crippen LogP contribution < -0.4 is 10.6 Å². The number of hydrogen-bond donors (Lipinski definition) is 7. The lowest BCUT2D eigenvalue weighted by Gasteiger charge is -2.63. The first-order valence-electron chi connectivity index (χ1n) is 20.3. The summed E-state index contributed by atoms with van der Waals surface area (Å²) < 4.78 is 0. The molecule has 5 aliphatic rings. The Balaban J connectivity index is 1.10. The first-order valence-corrected chi connectivity index (χ1v) is 20.3. The van der Waals surface area contributed by atoms with Gasteiger partial charge in [0.25, 0.3) is 0 Å². The molecule has 5 saturated carbocycles. The topological polar surface area (TPSA) is 176 Å². The number of carbonyl (C=O) groups excluding carboxylic acids is 2. The van der Waals surface area contributed by atoms with Gasteiger partial charge in [0.05, 0.1) is 24.7 Å². The third kappa shape index (κ3) is 7.76. The number of carbonyl (C=O) groups is 3. The number of carboxylic acids is 1. The van der Waals surface area contributed by atoms with Crippen molar-refractivity contribution in [1.29, 1.82) is 0 Å². The van der Waals surface area contributed by atoms with Gasteiger partial charge >= 0.3 is 5.97 Å². The van der Waals surface area contributed by atoms with Gasteiger partial charge in [0.2, 0.25) is 11.8 Å². The lowest BCUT2D eigenvalue weighted by Crippen LogP contribution is -2.62. The second kappa shape index (κ2) is 15.6. The highest BCUT2D eigenvalue weighted by Gasteiger charge is 2.65. The summed E-state index contributed by atoms with van der Waals surface area (Å²) in [5.41, 5.74) is -0.0493. The Kier molecular flexibility index (Phi) is 11.7. The first kappa shape index (κ1) is 39.0. The fourth-order valence-electron chi connectivity index (χ4n) is 12.5. The SMILES string of the molecule is C[C@H](CCC(=O)NC(Cc1ccc(O)cc1)C(=O)NCC1(CC(=O)O)CCCCC1)C1CCC2C3C(O)CC4C[C@H](O)CCC4(C)C3C[C@H](O)C21C. The molecular formula is C42H64N2O8. The van der Waals surface area contributed by atoms with Crippen molar-refractivity contribution in [3.05, 3.63) is 29.8 Å². The van der Waals surface area contributed by atoms with Gasteiger partial charge in [-0.1, -0.05) is 52.2 Å². The molecule has 10 nitrogen and oxygen atoms in total. The van der Waals surface area contributed by atoms with E-state index in [9.17, 15) is 39.9 Å². The van der Waals surface area contributed by atoms with Crippen molar-refractivity contribution < 1.29 is 39.9 Å². The van der Waals surface area contributed by atoms with Crippen LogP contribution in [0.4, 0.5) is 0 Å². The molecule has 9 unspecified atom stereocenters. The van der Waals surface area contributed by atoms with E-state index >= 15 is 0 Å². The molecule has 7 N–H and O–H groups in total. The average molecular weight is 725 g/mol. The van der Waals surface area contributed by atoms with E-state index < -0.39 is 29.6 Å². The lowest BCUT2D eigenvalue weighted by atomic mass is 9.43. The Morgan fingerprint density at radius 1 is 0.904 bits per heavy atom. The van der Waals surface area contributed by atoms with E-state index in [0.717, 1.165) is 76.2 Å². The Morgan fingerprint density at radius 3 is 2.31 bits per heavy atom. The zero-order valence-electron chi connectivity index (χ0n) is 31.6. The number of aromatic hydroxyl groups is 1. The van der Waals surface area contributed by atoms with Gasteiger partial charge in [0.15, 0.2) is 0 Å². The van der Waals surface area contributed by atoms with Crippen molar-refractivity contribution >= 4 is 17.8 Å². The van der Waals surface area contributed by atoms with Crippen LogP contribution in [0.1, 0.15) is 123 Å². The van der Waals surface area contributed by atoms with E-state index in [0.29, 0.717) is 12.8 Å². The monoisotopic (exact) mass is 724 g/mol. The van der Waals surface area contributed by atoms with E-state index in [1.54, 1.807) is 24.3 Å². The first-order chi connectivity index (χ1) is 24.6. The zero-order chi connectivity index (χ0) is 37.4. The van der Waals surface area contributed by atoms with Crippen LogP contribution in [0.2, 0.25) is 0 Å². The van der Waals surface area contributed by atoms with Crippen LogP contribution in [0.15, 0.2) is 24.3 Å². The minimum absolute atomic E-state index is 0.000129. The normalized spacial score (nSPS) is 37.8. The fourth-order valence-corrected chi connectivity index (χ4v) is 12.5. The lowest BCUT2D eigenvalue weighted by molar-refractivity contribution is -0.207. The largest absolute Gasteiger partial charge is 0.508 e. The summed E-state index contributed by atoms with van der Waals surface area (Å²) in [5, 5.41) is 59.4. The van der Waals surface area contributed by atoms with Gasteiger partial charge in [-0.2, -0.15) is 0 Å². The number of phenolic OH excluding ortho intramolecular Hbond substituents is 1. The fraction of sp³-hybridized carbons (Fsp3) is 0.786. The molecule has 1 aromatic carbocycles. The number of nitrogens with one attached hydrogen (secondary N) is 2. The van der Waals surface area contributed by atoms with E-state index in [4.69, 9.17) is 0 Å². The van der Waals surface area contributed by atoms with Crippen molar-refractivity contribution in [3.63, 3.8) is 0 Å². The second-order valence-corrected chi connectivity index (χ2v) is 18.4. The maximum Gasteiger partial charge on any atom is 0.303 e. The Labute approximate surface area is 309 Å². The Morgan fingerprint density at radius 2 is 1.62 bits per heavy atom. The number of hydrogen-bond acceptors (Lipinski definition) is 7. The maximum absolute atomic E-state index is 13.7. The molecule has 0 aliphatic heterocycles. The van der Waals surface area contributed by atoms with E-state index in [1.807, 2.05) is 0 Å². The number of aliphatic hydroxyl groups excluding tert-OH is 3. The minimum atomic E-state index is -0.870. The molecule has 5 fully saturated rings. The van der Waals surface area contributed by atoms with Gasteiger partial charge in [-0.15, -0.1) is 0 Å². The minimum Gasteiger partial charge on any atom is -0.508 e. The highest BCUT2D eigenvalue weighted by molar-refractivity contribution is 5.88. The molecule has 0 aromatic heterocycles. The van der Waals surface area contributed by atoms with Crippen molar-refractivity contribution in [2.24, 2.45) is 51.8 Å². The molecule has 0 spiro atoms. The van der Waals surface area contributed by atoms with E-state index in [-0.39, 0.29) is 95.8 Å².